The minimum absolute atomic E-state index is 0.241. The third kappa shape index (κ3) is 3.28. The highest BCUT2D eigenvalue weighted by Crippen LogP contribution is 2.05. The maximum atomic E-state index is 11.7. The molecule has 0 spiro atoms. The molecular formula is C14H14N2OS. The lowest BCUT2D eigenvalue weighted by atomic mass is 10.1. The van der Waals surface area contributed by atoms with Gasteiger partial charge in [0.25, 0.3) is 5.91 Å². The van der Waals surface area contributed by atoms with Crippen molar-refractivity contribution >= 4 is 23.3 Å². The van der Waals surface area contributed by atoms with Gasteiger partial charge in [-0.05, 0) is 18.6 Å². The van der Waals surface area contributed by atoms with Crippen LogP contribution in [0.25, 0.3) is 6.08 Å². The van der Waals surface area contributed by atoms with Crippen molar-refractivity contribution in [1.29, 1.82) is 0 Å². The molecule has 0 bridgehead atoms. The Balaban J connectivity index is 2.16. The first-order valence-electron chi connectivity index (χ1n) is 5.59. The van der Waals surface area contributed by atoms with E-state index in [1.165, 1.54) is 23.0 Å². The van der Waals surface area contributed by atoms with Gasteiger partial charge in [-0.25, -0.2) is 0 Å². The number of nitrogens with zero attached hydrogens (tertiary/aromatic N) is 2. The molecule has 1 aromatic carbocycles. The molecule has 2 rings (SSSR count). The average Bonchev–Trinajstić information content (AvgIpc) is 2.73. The zero-order chi connectivity index (χ0) is 13.0. The van der Waals surface area contributed by atoms with Gasteiger partial charge in [0.05, 0.1) is 0 Å². The van der Waals surface area contributed by atoms with E-state index in [1.807, 2.05) is 54.4 Å². The first kappa shape index (κ1) is 12.5. The number of hydrogen-bond donors (Lipinski definition) is 0. The van der Waals surface area contributed by atoms with E-state index in [1.54, 1.807) is 6.08 Å². The van der Waals surface area contributed by atoms with Crippen LogP contribution in [0.3, 0.4) is 0 Å². The molecule has 3 nitrogen and oxygen atoms in total. The van der Waals surface area contributed by atoms with E-state index in [0.717, 1.165) is 5.56 Å². The Morgan fingerprint density at radius 1 is 1.44 bits per heavy atom. The molecule has 0 N–H and O–H groups in total. The quantitative estimate of drug-likeness (QED) is 0.762. The standard InChI is InChI=1S/C14H14N2OS/c1-11-4-3-5-12(10-11)6-7-13(17)15-14-16(2)8-9-18-14/h3-10H,1-2H3/b7-6+,15-14?. The largest absolute Gasteiger partial charge is 0.327 e. The Kier molecular flexibility index (Phi) is 3.89. The van der Waals surface area contributed by atoms with Gasteiger partial charge in [0, 0.05) is 24.7 Å². The Bertz CT molecular complexity index is 650. The molecule has 1 amide bonds. The first-order chi connectivity index (χ1) is 8.65. The van der Waals surface area contributed by atoms with Gasteiger partial charge in [0.15, 0.2) is 4.80 Å². The summed E-state index contributed by atoms with van der Waals surface area (Å²) in [6.45, 7) is 2.02. The number of rotatable bonds is 2. The second kappa shape index (κ2) is 5.60. The summed E-state index contributed by atoms with van der Waals surface area (Å²) in [6, 6.07) is 7.97. The Labute approximate surface area is 110 Å². The lowest BCUT2D eigenvalue weighted by Crippen LogP contribution is -2.11. The molecule has 2 aromatic rings. The molecule has 0 radical (unpaired) electrons. The van der Waals surface area contributed by atoms with Crippen LogP contribution >= 0.6 is 11.3 Å². The number of aryl methyl sites for hydroxylation is 2. The van der Waals surface area contributed by atoms with Crippen molar-refractivity contribution in [3.05, 3.63) is 57.8 Å². The number of amides is 1. The molecule has 0 aliphatic heterocycles. The minimum atomic E-state index is -0.241. The predicted octanol–water partition coefficient (Wildman–Crippen LogP) is 2.54. The molecule has 0 saturated carbocycles. The molecular weight excluding hydrogens is 244 g/mol. The molecule has 0 fully saturated rings. The van der Waals surface area contributed by atoms with Crippen LogP contribution in [0.15, 0.2) is 46.9 Å². The molecule has 0 saturated heterocycles. The SMILES string of the molecule is Cc1cccc(/C=C/C(=O)N=c2sccn2C)c1. The number of carbonyl (C=O) groups excluding carboxylic acids is 1. The summed E-state index contributed by atoms with van der Waals surface area (Å²) < 4.78 is 1.82. The fourth-order valence-corrected chi connectivity index (χ4v) is 2.24. The minimum Gasteiger partial charge on any atom is -0.327 e. The van der Waals surface area contributed by atoms with Crippen molar-refractivity contribution in [2.45, 2.75) is 6.92 Å². The van der Waals surface area contributed by atoms with Gasteiger partial charge in [-0.1, -0.05) is 29.8 Å². The van der Waals surface area contributed by atoms with E-state index in [4.69, 9.17) is 0 Å². The van der Waals surface area contributed by atoms with Crippen LogP contribution in [0.4, 0.5) is 0 Å². The Morgan fingerprint density at radius 3 is 2.94 bits per heavy atom. The van der Waals surface area contributed by atoms with Crippen LogP contribution in [0.5, 0.6) is 0 Å². The van der Waals surface area contributed by atoms with Gasteiger partial charge in [0.1, 0.15) is 0 Å². The summed E-state index contributed by atoms with van der Waals surface area (Å²) in [6.07, 6.45) is 5.15. The zero-order valence-electron chi connectivity index (χ0n) is 10.3. The van der Waals surface area contributed by atoms with Crippen molar-refractivity contribution < 1.29 is 4.79 Å². The number of thiazole rings is 1. The summed E-state index contributed by atoms with van der Waals surface area (Å²) in [5.74, 6) is -0.241. The third-order valence-electron chi connectivity index (χ3n) is 2.43. The van der Waals surface area contributed by atoms with E-state index in [0.29, 0.717) is 4.80 Å². The molecule has 4 heteroatoms. The van der Waals surface area contributed by atoms with Gasteiger partial charge in [-0.3, -0.25) is 4.79 Å². The normalized spacial score (nSPS) is 12.2. The van der Waals surface area contributed by atoms with E-state index in [9.17, 15) is 4.79 Å². The van der Waals surface area contributed by atoms with Crippen LogP contribution in [-0.2, 0) is 11.8 Å². The van der Waals surface area contributed by atoms with Gasteiger partial charge < -0.3 is 4.57 Å². The number of hydrogen-bond acceptors (Lipinski definition) is 2. The molecule has 0 atom stereocenters. The fourth-order valence-electron chi connectivity index (χ4n) is 1.51. The summed E-state index contributed by atoms with van der Waals surface area (Å²) in [5, 5.41) is 1.90. The zero-order valence-corrected chi connectivity index (χ0v) is 11.1. The van der Waals surface area contributed by atoms with E-state index in [-0.39, 0.29) is 5.91 Å². The molecule has 0 aliphatic rings. The number of benzene rings is 1. The van der Waals surface area contributed by atoms with E-state index >= 15 is 0 Å². The lowest BCUT2D eigenvalue weighted by Gasteiger charge is -1.94. The monoisotopic (exact) mass is 258 g/mol. The van der Waals surface area contributed by atoms with Crippen molar-refractivity contribution in [1.82, 2.24) is 4.57 Å². The van der Waals surface area contributed by atoms with Crippen LogP contribution < -0.4 is 4.80 Å². The summed E-state index contributed by atoms with van der Waals surface area (Å²) >= 11 is 1.44. The maximum Gasteiger partial charge on any atom is 0.272 e. The highest BCUT2D eigenvalue weighted by molar-refractivity contribution is 7.07. The van der Waals surface area contributed by atoms with E-state index in [2.05, 4.69) is 4.99 Å². The smallest absolute Gasteiger partial charge is 0.272 e. The van der Waals surface area contributed by atoms with Crippen LogP contribution in [0.1, 0.15) is 11.1 Å². The molecule has 0 aliphatic carbocycles. The van der Waals surface area contributed by atoms with Crippen LogP contribution in [-0.4, -0.2) is 10.5 Å². The van der Waals surface area contributed by atoms with Crippen molar-refractivity contribution in [2.24, 2.45) is 12.0 Å². The lowest BCUT2D eigenvalue weighted by molar-refractivity contribution is -0.113. The molecule has 1 heterocycles. The number of carbonyl (C=O) groups is 1. The third-order valence-corrected chi connectivity index (χ3v) is 3.27. The fraction of sp³-hybridized carbons (Fsp3) is 0.143. The second-order valence-corrected chi connectivity index (χ2v) is 4.87. The van der Waals surface area contributed by atoms with Crippen LogP contribution in [0, 0.1) is 6.92 Å². The molecule has 0 unspecified atom stereocenters. The van der Waals surface area contributed by atoms with E-state index < -0.39 is 0 Å². The summed E-state index contributed by atoms with van der Waals surface area (Å²) in [5.41, 5.74) is 2.18. The van der Waals surface area contributed by atoms with Crippen molar-refractivity contribution in [2.75, 3.05) is 0 Å². The van der Waals surface area contributed by atoms with Gasteiger partial charge in [-0.2, -0.15) is 4.99 Å². The molecule has 92 valence electrons. The topological polar surface area (TPSA) is 34.4 Å². The van der Waals surface area contributed by atoms with Crippen LogP contribution in [0.2, 0.25) is 0 Å². The van der Waals surface area contributed by atoms with Gasteiger partial charge in [0.2, 0.25) is 0 Å². The summed E-state index contributed by atoms with van der Waals surface area (Å²) in [4.78, 5) is 16.4. The average molecular weight is 258 g/mol. The number of aromatic nitrogens is 1. The Morgan fingerprint density at radius 2 is 2.28 bits per heavy atom. The van der Waals surface area contributed by atoms with Crippen molar-refractivity contribution in [3.8, 4) is 0 Å². The predicted molar refractivity (Wildman–Crippen MR) is 74.1 cm³/mol. The highest BCUT2D eigenvalue weighted by atomic mass is 32.1. The first-order valence-corrected chi connectivity index (χ1v) is 6.47. The second-order valence-electron chi connectivity index (χ2n) is 3.99. The van der Waals surface area contributed by atoms with Gasteiger partial charge >= 0.3 is 0 Å². The summed E-state index contributed by atoms with van der Waals surface area (Å²) in [7, 11) is 1.87. The Hall–Kier alpha value is -1.94. The highest BCUT2D eigenvalue weighted by Gasteiger charge is 1.95. The van der Waals surface area contributed by atoms with Crippen molar-refractivity contribution in [3.63, 3.8) is 0 Å². The van der Waals surface area contributed by atoms with Gasteiger partial charge in [-0.15, -0.1) is 11.3 Å². The molecule has 1 aromatic heterocycles. The maximum absolute atomic E-state index is 11.7. The molecule has 18 heavy (non-hydrogen) atoms.